The van der Waals surface area contributed by atoms with Crippen molar-refractivity contribution in [2.24, 2.45) is 11.8 Å². The topological polar surface area (TPSA) is 55.8 Å². The molecule has 3 aliphatic carbocycles. The van der Waals surface area contributed by atoms with E-state index >= 15 is 0 Å². The number of likely N-dealkylation sites (tertiary alicyclic amines) is 1. The van der Waals surface area contributed by atoms with E-state index in [1.165, 1.54) is 27.2 Å². The normalized spacial score (nSPS) is 26.2. The zero-order valence-electron chi connectivity index (χ0n) is 19.6. The van der Waals surface area contributed by atoms with Crippen molar-refractivity contribution in [3.05, 3.63) is 94.5 Å². The Labute approximate surface area is 199 Å². The Balaban J connectivity index is 1.37. The summed E-state index contributed by atoms with van der Waals surface area (Å²) < 4.78 is 10.7. The third-order valence-electron chi connectivity index (χ3n) is 8.21. The molecule has 1 saturated heterocycles. The van der Waals surface area contributed by atoms with Gasteiger partial charge in [0.1, 0.15) is 0 Å². The number of hydrogen-bond acceptors (Lipinski definition) is 4. The number of hydrogen-bond donors (Lipinski definition) is 0. The van der Waals surface area contributed by atoms with Crippen molar-refractivity contribution in [1.29, 1.82) is 0 Å². The smallest absolute Gasteiger partial charge is 0.234 e. The second-order valence-corrected chi connectivity index (χ2v) is 9.63. The summed E-state index contributed by atoms with van der Waals surface area (Å²) in [5.74, 6) is 0.396. The van der Waals surface area contributed by atoms with Crippen molar-refractivity contribution >= 4 is 11.8 Å². The summed E-state index contributed by atoms with van der Waals surface area (Å²) in [6.07, 6.45) is 0.568. The molecule has 3 aromatic rings. The van der Waals surface area contributed by atoms with E-state index in [9.17, 15) is 9.59 Å². The lowest BCUT2D eigenvalue weighted by Crippen LogP contribution is -2.51. The van der Waals surface area contributed by atoms with E-state index in [1.807, 2.05) is 42.5 Å². The predicted octanol–water partition coefficient (Wildman–Crippen LogP) is 4.31. The van der Waals surface area contributed by atoms with Crippen LogP contribution in [0, 0.1) is 11.8 Å². The molecule has 0 unspecified atom stereocenters. The van der Waals surface area contributed by atoms with Crippen molar-refractivity contribution in [3.8, 4) is 11.5 Å². The highest BCUT2D eigenvalue weighted by Gasteiger charge is 2.66. The molecule has 4 aliphatic rings. The van der Waals surface area contributed by atoms with E-state index < -0.39 is 5.41 Å². The summed E-state index contributed by atoms with van der Waals surface area (Å²) in [5, 5.41) is 0. The molecule has 172 valence electrons. The first-order valence-electron chi connectivity index (χ1n) is 11.8. The average molecular weight is 454 g/mol. The molecule has 0 N–H and O–H groups in total. The number of nitrogens with zero attached hydrogens (tertiary/aromatic N) is 1. The maximum absolute atomic E-state index is 13.9. The van der Waals surface area contributed by atoms with Gasteiger partial charge in [-0.05, 0) is 46.4 Å². The summed E-state index contributed by atoms with van der Waals surface area (Å²) in [6.45, 7) is 2.51. The lowest BCUT2D eigenvalue weighted by atomic mass is 9.48. The summed E-state index contributed by atoms with van der Waals surface area (Å²) in [7, 11) is 3.21. The first-order chi connectivity index (χ1) is 16.5. The van der Waals surface area contributed by atoms with Gasteiger partial charge in [-0.3, -0.25) is 14.5 Å². The highest BCUT2D eigenvalue weighted by Crippen LogP contribution is 2.63. The Morgan fingerprint density at radius 1 is 0.824 bits per heavy atom. The second kappa shape index (κ2) is 7.45. The van der Waals surface area contributed by atoms with E-state index in [4.69, 9.17) is 9.47 Å². The van der Waals surface area contributed by atoms with Crippen LogP contribution in [0.15, 0.2) is 66.7 Å². The third kappa shape index (κ3) is 2.61. The monoisotopic (exact) mass is 453 g/mol. The van der Waals surface area contributed by atoms with Crippen molar-refractivity contribution in [1.82, 2.24) is 4.90 Å². The molecule has 0 aromatic heterocycles. The van der Waals surface area contributed by atoms with Gasteiger partial charge in [-0.25, -0.2) is 0 Å². The molecular weight excluding hydrogens is 426 g/mol. The molecule has 2 bridgehead atoms. The number of benzene rings is 3. The van der Waals surface area contributed by atoms with Crippen LogP contribution in [0.1, 0.15) is 40.7 Å². The molecule has 0 radical (unpaired) electrons. The van der Waals surface area contributed by atoms with Gasteiger partial charge in [0, 0.05) is 17.9 Å². The number of imide groups is 1. The van der Waals surface area contributed by atoms with Gasteiger partial charge in [-0.1, -0.05) is 61.5 Å². The van der Waals surface area contributed by atoms with E-state index in [0.717, 1.165) is 5.56 Å². The van der Waals surface area contributed by atoms with Crippen LogP contribution in [0.2, 0.25) is 0 Å². The summed E-state index contributed by atoms with van der Waals surface area (Å²) in [4.78, 5) is 29.2. The van der Waals surface area contributed by atoms with Crippen LogP contribution in [0.4, 0.5) is 0 Å². The van der Waals surface area contributed by atoms with Gasteiger partial charge in [0.2, 0.25) is 11.8 Å². The van der Waals surface area contributed by atoms with Crippen LogP contribution in [0.3, 0.4) is 0 Å². The molecule has 0 spiro atoms. The average Bonchev–Trinajstić information content (AvgIpc) is 3.13. The van der Waals surface area contributed by atoms with Gasteiger partial charge in [0.25, 0.3) is 0 Å². The van der Waals surface area contributed by atoms with Crippen LogP contribution in [0.5, 0.6) is 11.5 Å². The maximum Gasteiger partial charge on any atom is 0.234 e. The molecular formula is C29H27NO4. The minimum absolute atomic E-state index is 0.0456. The molecule has 2 amide bonds. The molecule has 1 aliphatic heterocycles. The molecule has 5 heteroatoms. The summed E-state index contributed by atoms with van der Waals surface area (Å²) in [5.41, 5.74) is 5.22. The van der Waals surface area contributed by atoms with E-state index in [1.54, 1.807) is 14.2 Å². The minimum Gasteiger partial charge on any atom is -0.493 e. The van der Waals surface area contributed by atoms with Crippen LogP contribution in [-0.4, -0.2) is 37.5 Å². The van der Waals surface area contributed by atoms with Crippen molar-refractivity contribution < 1.29 is 19.1 Å². The van der Waals surface area contributed by atoms with Gasteiger partial charge in [-0.15, -0.1) is 0 Å². The predicted molar refractivity (Wildman–Crippen MR) is 128 cm³/mol. The first kappa shape index (κ1) is 21.0. The lowest BCUT2D eigenvalue weighted by molar-refractivity contribution is -0.140. The quantitative estimate of drug-likeness (QED) is 0.540. The number of amides is 2. The highest BCUT2D eigenvalue weighted by molar-refractivity contribution is 6.08. The molecule has 1 heterocycles. The molecule has 0 saturated carbocycles. The van der Waals surface area contributed by atoms with E-state index in [-0.39, 0.29) is 29.6 Å². The minimum atomic E-state index is -0.516. The number of carbonyl (C=O) groups excluding carboxylic acids is 2. The molecule has 5 nitrogen and oxygen atoms in total. The Kier molecular flexibility index (Phi) is 4.60. The Morgan fingerprint density at radius 2 is 1.44 bits per heavy atom. The molecule has 7 rings (SSSR count). The molecule has 3 aromatic carbocycles. The Bertz CT molecular complexity index is 1280. The largest absolute Gasteiger partial charge is 0.493 e. The fraction of sp³-hybridized carbons (Fsp3) is 0.310. The number of ether oxygens (including phenoxy) is 2. The van der Waals surface area contributed by atoms with Crippen LogP contribution in [0.25, 0.3) is 0 Å². The van der Waals surface area contributed by atoms with Gasteiger partial charge in [0.05, 0.1) is 26.1 Å². The van der Waals surface area contributed by atoms with Gasteiger partial charge >= 0.3 is 0 Å². The number of carbonyl (C=O) groups is 2. The van der Waals surface area contributed by atoms with Crippen LogP contribution >= 0.6 is 0 Å². The van der Waals surface area contributed by atoms with Gasteiger partial charge in [0.15, 0.2) is 11.5 Å². The van der Waals surface area contributed by atoms with E-state index in [0.29, 0.717) is 24.5 Å². The van der Waals surface area contributed by atoms with Crippen LogP contribution in [-0.2, 0) is 21.4 Å². The summed E-state index contributed by atoms with van der Waals surface area (Å²) in [6, 6.07) is 22.4. The fourth-order valence-corrected chi connectivity index (χ4v) is 6.71. The number of methoxy groups -OCH3 is 2. The Hall–Kier alpha value is -3.60. The first-order valence-corrected chi connectivity index (χ1v) is 11.8. The number of rotatable bonds is 5. The van der Waals surface area contributed by atoms with Crippen molar-refractivity contribution in [3.63, 3.8) is 0 Å². The van der Waals surface area contributed by atoms with E-state index in [2.05, 4.69) is 31.2 Å². The van der Waals surface area contributed by atoms with Crippen LogP contribution < -0.4 is 9.47 Å². The zero-order valence-corrected chi connectivity index (χ0v) is 19.6. The van der Waals surface area contributed by atoms with Gasteiger partial charge in [-0.2, -0.15) is 0 Å². The highest BCUT2D eigenvalue weighted by atomic mass is 16.5. The van der Waals surface area contributed by atoms with Crippen molar-refractivity contribution in [2.45, 2.75) is 24.7 Å². The summed E-state index contributed by atoms with van der Waals surface area (Å²) >= 11 is 0. The Morgan fingerprint density at radius 3 is 2.06 bits per heavy atom. The maximum atomic E-state index is 13.9. The second-order valence-electron chi connectivity index (χ2n) is 9.63. The SMILES string of the molecule is COc1ccc(CCN2C(=O)[C@@H]3C4c5ccccc5C(C)(c5ccccc54)[C@H]3C2=O)cc1OC. The standard InChI is InChI=1S/C29H27NO4/c1-29-20-10-6-4-8-18(20)24(19-9-5-7-11-21(19)29)25-26(29)28(32)30(27(25)31)15-14-17-12-13-22(33-2)23(16-17)34-3/h4-13,16,24-26H,14-15H2,1-3H3/t24?,25-,26-,29?/m1/s1. The molecule has 2 atom stereocenters. The van der Waals surface area contributed by atoms with Gasteiger partial charge < -0.3 is 9.47 Å². The van der Waals surface area contributed by atoms with Crippen molar-refractivity contribution in [2.75, 3.05) is 20.8 Å². The zero-order chi connectivity index (χ0) is 23.6. The molecule has 34 heavy (non-hydrogen) atoms. The lowest BCUT2D eigenvalue weighted by Gasteiger charge is -2.52. The fourth-order valence-electron chi connectivity index (χ4n) is 6.71. The third-order valence-corrected chi connectivity index (χ3v) is 8.21. The molecule has 1 fully saturated rings.